The highest BCUT2D eigenvalue weighted by atomic mass is 19.1. The topological polar surface area (TPSA) is 52.7 Å². The normalized spacial score (nSPS) is 18.9. The fourth-order valence-electron chi connectivity index (χ4n) is 4.28. The molecule has 4 rings (SSSR count). The molecule has 6 heteroatoms. The smallest absolute Gasteiger partial charge is 0.318 e. The van der Waals surface area contributed by atoms with Gasteiger partial charge in [0.15, 0.2) is 5.78 Å². The van der Waals surface area contributed by atoms with Crippen LogP contribution in [0, 0.1) is 5.82 Å². The highest BCUT2D eigenvalue weighted by Gasteiger charge is 2.27. The number of aryl methyl sites for hydroxylation is 1. The van der Waals surface area contributed by atoms with E-state index in [1.54, 1.807) is 17.0 Å². The van der Waals surface area contributed by atoms with Crippen molar-refractivity contribution in [2.45, 2.75) is 32.2 Å². The molecule has 1 saturated heterocycles. The molecule has 1 heterocycles. The van der Waals surface area contributed by atoms with Gasteiger partial charge in [-0.05, 0) is 55.5 Å². The van der Waals surface area contributed by atoms with Crippen molar-refractivity contribution in [1.29, 1.82) is 0 Å². The summed E-state index contributed by atoms with van der Waals surface area (Å²) in [6, 6.07) is 12.9. The Bertz CT molecular complexity index is 922. The summed E-state index contributed by atoms with van der Waals surface area (Å²) in [5, 5.41) is 3.19. The average Bonchev–Trinajstić information content (AvgIpc) is 2.74. The van der Waals surface area contributed by atoms with Crippen molar-refractivity contribution in [2.24, 2.45) is 0 Å². The highest BCUT2D eigenvalue weighted by molar-refractivity contribution is 5.94. The Labute approximate surface area is 170 Å². The van der Waals surface area contributed by atoms with Gasteiger partial charge in [-0.15, -0.1) is 0 Å². The standard InChI is InChI=1S/C23H26FN3O2/c1-16(28)18-9-10-22(20(24)15-18)26-11-13-27(14-12-26)23(29)25-21-8-4-6-17-5-2-3-7-19(17)21/h2-3,5,7,9-10,15,21H,4,6,8,11-14H2,1H3,(H,25,29). The van der Waals surface area contributed by atoms with Crippen LogP contribution in [0.25, 0.3) is 0 Å². The third-order valence-electron chi connectivity index (χ3n) is 5.93. The van der Waals surface area contributed by atoms with E-state index >= 15 is 0 Å². The summed E-state index contributed by atoms with van der Waals surface area (Å²) in [6.45, 7) is 3.62. The number of nitrogens with zero attached hydrogens (tertiary/aromatic N) is 2. The minimum absolute atomic E-state index is 0.0567. The van der Waals surface area contributed by atoms with E-state index in [1.807, 2.05) is 17.0 Å². The molecule has 0 saturated carbocycles. The molecule has 1 fully saturated rings. The lowest BCUT2D eigenvalue weighted by molar-refractivity contribution is 0.101. The summed E-state index contributed by atoms with van der Waals surface area (Å²) in [4.78, 5) is 27.9. The molecule has 2 aliphatic rings. The van der Waals surface area contributed by atoms with Crippen LogP contribution in [-0.4, -0.2) is 42.9 Å². The first-order chi connectivity index (χ1) is 14.0. The van der Waals surface area contributed by atoms with E-state index in [0.29, 0.717) is 37.4 Å². The first kappa shape index (κ1) is 19.4. The first-order valence-electron chi connectivity index (χ1n) is 10.2. The van der Waals surface area contributed by atoms with Gasteiger partial charge in [-0.25, -0.2) is 9.18 Å². The molecule has 1 N–H and O–H groups in total. The van der Waals surface area contributed by atoms with E-state index in [-0.39, 0.29) is 17.9 Å². The van der Waals surface area contributed by atoms with Gasteiger partial charge in [-0.1, -0.05) is 24.3 Å². The number of rotatable bonds is 3. The van der Waals surface area contributed by atoms with Gasteiger partial charge in [0.2, 0.25) is 0 Å². The Morgan fingerprint density at radius 1 is 1.07 bits per heavy atom. The number of hydrogen-bond donors (Lipinski definition) is 1. The number of amides is 2. The van der Waals surface area contributed by atoms with Gasteiger partial charge in [-0.3, -0.25) is 4.79 Å². The SMILES string of the molecule is CC(=O)c1ccc(N2CCN(C(=O)NC3CCCc4ccccc43)CC2)c(F)c1. The zero-order chi connectivity index (χ0) is 20.4. The van der Waals surface area contributed by atoms with E-state index in [2.05, 4.69) is 17.4 Å². The van der Waals surface area contributed by atoms with Crippen LogP contribution in [0.1, 0.15) is 47.3 Å². The second-order valence-corrected chi connectivity index (χ2v) is 7.79. The van der Waals surface area contributed by atoms with Gasteiger partial charge in [0.05, 0.1) is 11.7 Å². The maximum absolute atomic E-state index is 14.4. The van der Waals surface area contributed by atoms with Crippen LogP contribution in [0.2, 0.25) is 0 Å². The van der Waals surface area contributed by atoms with Gasteiger partial charge in [-0.2, -0.15) is 0 Å². The lowest BCUT2D eigenvalue weighted by atomic mass is 9.88. The fraction of sp³-hybridized carbons (Fsp3) is 0.391. The number of carbonyl (C=O) groups excluding carboxylic acids is 2. The van der Waals surface area contributed by atoms with Crippen LogP contribution in [0.5, 0.6) is 0 Å². The largest absolute Gasteiger partial charge is 0.366 e. The number of urea groups is 1. The zero-order valence-corrected chi connectivity index (χ0v) is 16.7. The molecule has 1 aliphatic heterocycles. The van der Waals surface area contributed by atoms with Crippen LogP contribution in [-0.2, 0) is 6.42 Å². The molecule has 1 atom stereocenters. The van der Waals surface area contributed by atoms with Gasteiger partial charge in [0.1, 0.15) is 5.82 Å². The molecule has 0 radical (unpaired) electrons. The zero-order valence-electron chi connectivity index (χ0n) is 16.7. The average molecular weight is 395 g/mol. The van der Waals surface area contributed by atoms with Gasteiger partial charge < -0.3 is 15.1 Å². The maximum atomic E-state index is 14.4. The number of halogens is 1. The second kappa shape index (κ2) is 8.23. The Balaban J connectivity index is 1.37. The summed E-state index contributed by atoms with van der Waals surface area (Å²) in [6.07, 6.45) is 3.09. The molecule has 0 aromatic heterocycles. The summed E-state index contributed by atoms with van der Waals surface area (Å²) in [7, 11) is 0. The molecule has 0 spiro atoms. The molecule has 29 heavy (non-hydrogen) atoms. The first-order valence-corrected chi connectivity index (χ1v) is 10.2. The number of nitrogens with one attached hydrogen (secondary N) is 1. The van der Waals surface area contributed by atoms with Crippen molar-refractivity contribution in [3.05, 3.63) is 65.0 Å². The minimum atomic E-state index is -0.394. The van der Waals surface area contributed by atoms with E-state index in [0.717, 1.165) is 19.3 Å². The second-order valence-electron chi connectivity index (χ2n) is 7.79. The van der Waals surface area contributed by atoms with Crippen molar-refractivity contribution in [1.82, 2.24) is 10.2 Å². The number of anilines is 1. The third-order valence-corrected chi connectivity index (χ3v) is 5.93. The summed E-state index contributed by atoms with van der Waals surface area (Å²) in [5.41, 5.74) is 3.39. The molecule has 2 aromatic carbocycles. The molecule has 0 bridgehead atoms. The number of piperazine rings is 1. The fourth-order valence-corrected chi connectivity index (χ4v) is 4.28. The Hall–Kier alpha value is -2.89. The van der Waals surface area contributed by atoms with Crippen molar-refractivity contribution >= 4 is 17.5 Å². The summed E-state index contributed by atoms with van der Waals surface area (Å²) >= 11 is 0. The van der Waals surface area contributed by atoms with Crippen LogP contribution in [0.4, 0.5) is 14.9 Å². The molecule has 1 aliphatic carbocycles. The predicted molar refractivity (Wildman–Crippen MR) is 111 cm³/mol. The van der Waals surface area contributed by atoms with Crippen LogP contribution < -0.4 is 10.2 Å². The molecule has 152 valence electrons. The van der Waals surface area contributed by atoms with Crippen LogP contribution in [0.15, 0.2) is 42.5 Å². The maximum Gasteiger partial charge on any atom is 0.318 e. The van der Waals surface area contributed by atoms with Crippen molar-refractivity contribution in [3.8, 4) is 0 Å². The molecular formula is C23H26FN3O2. The van der Waals surface area contributed by atoms with Crippen LogP contribution >= 0.6 is 0 Å². The number of fused-ring (bicyclic) bond motifs is 1. The van der Waals surface area contributed by atoms with Crippen LogP contribution in [0.3, 0.4) is 0 Å². The number of hydrogen-bond acceptors (Lipinski definition) is 3. The summed E-state index contributed by atoms with van der Waals surface area (Å²) in [5.74, 6) is -0.546. The van der Waals surface area contributed by atoms with E-state index < -0.39 is 5.82 Å². The number of ketones is 1. The molecule has 1 unspecified atom stereocenters. The van der Waals surface area contributed by atoms with Gasteiger partial charge >= 0.3 is 6.03 Å². The highest BCUT2D eigenvalue weighted by Crippen LogP contribution is 2.29. The monoisotopic (exact) mass is 395 g/mol. The number of benzene rings is 2. The van der Waals surface area contributed by atoms with E-state index in [1.165, 1.54) is 24.1 Å². The Morgan fingerprint density at radius 3 is 2.55 bits per heavy atom. The molecule has 2 aromatic rings. The quantitative estimate of drug-likeness (QED) is 0.801. The lowest BCUT2D eigenvalue weighted by Gasteiger charge is -2.37. The van der Waals surface area contributed by atoms with E-state index in [4.69, 9.17) is 0 Å². The van der Waals surface area contributed by atoms with Crippen molar-refractivity contribution in [2.75, 3.05) is 31.1 Å². The predicted octanol–water partition coefficient (Wildman–Crippen LogP) is 3.94. The number of Topliss-reactive ketones (excluding diaryl/α,β-unsaturated/α-hetero) is 1. The Morgan fingerprint density at radius 2 is 1.83 bits per heavy atom. The van der Waals surface area contributed by atoms with E-state index in [9.17, 15) is 14.0 Å². The Kier molecular flexibility index (Phi) is 5.51. The lowest BCUT2D eigenvalue weighted by Crippen LogP contribution is -2.52. The van der Waals surface area contributed by atoms with Gasteiger partial charge in [0, 0.05) is 31.7 Å². The molecule has 5 nitrogen and oxygen atoms in total. The summed E-state index contributed by atoms with van der Waals surface area (Å²) < 4.78 is 14.4. The molecular weight excluding hydrogens is 369 g/mol. The molecule has 2 amide bonds. The third kappa shape index (κ3) is 4.11. The van der Waals surface area contributed by atoms with Gasteiger partial charge in [0.25, 0.3) is 0 Å². The minimum Gasteiger partial charge on any atom is -0.366 e. The van der Waals surface area contributed by atoms with Crippen molar-refractivity contribution in [3.63, 3.8) is 0 Å². The van der Waals surface area contributed by atoms with Crippen molar-refractivity contribution < 1.29 is 14.0 Å². The number of carbonyl (C=O) groups is 2.